The molecule has 0 heterocycles. The van der Waals surface area contributed by atoms with Gasteiger partial charge in [-0.15, -0.1) is 0 Å². The molecule has 342 valence electrons. The molecule has 0 rings (SSSR count). The summed E-state index contributed by atoms with van der Waals surface area (Å²) < 4.78 is 33.5. The second-order valence-corrected chi connectivity index (χ2v) is 18.3. The van der Waals surface area contributed by atoms with Crippen molar-refractivity contribution >= 4 is 13.8 Å². The number of phosphoric acid groups is 1. The lowest BCUT2D eigenvalue weighted by Crippen LogP contribution is -2.29. The molecule has 0 fully saturated rings. The zero-order valence-corrected chi connectivity index (χ0v) is 38.5. The smallest absolute Gasteiger partial charge is 0.457 e. The van der Waals surface area contributed by atoms with Crippen LogP contribution in [-0.4, -0.2) is 66.3 Å². The van der Waals surface area contributed by atoms with Gasteiger partial charge in [0.1, 0.15) is 12.2 Å². The summed E-state index contributed by atoms with van der Waals surface area (Å²) in [5, 5.41) is 18.4. The van der Waals surface area contributed by atoms with E-state index in [-0.39, 0.29) is 25.6 Å². The highest BCUT2D eigenvalue weighted by atomic mass is 31.2. The molecular formula is C47H95O9P. The standard InChI is InChI=1S/C47H95O9P/c1-3-5-7-9-11-13-15-17-19-20-21-22-23-24-26-28-30-32-34-36-38-40-53-43-46(44-55-57(51,52)54-42-45(49)41-48)56-47(50)39-37-35-33-31-29-27-25-18-16-14-12-10-8-6-4-2/h45-46,48-49H,3-44H2,1-2H3,(H,51,52). The maximum atomic E-state index is 12.6. The molecule has 0 aromatic rings. The molecule has 57 heavy (non-hydrogen) atoms. The first-order chi connectivity index (χ1) is 27.8. The average Bonchev–Trinajstić information content (AvgIpc) is 3.20. The van der Waals surface area contributed by atoms with Crippen LogP contribution < -0.4 is 0 Å². The molecule has 0 amide bonds. The van der Waals surface area contributed by atoms with Crippen LogP contribution in [0.5, 0.6) is 0 Å². The Bertz CT molecular complexity index is 861. The lowest BCUT2D eigenvalue weighted by Gasteiger charge is -2.20. The molecule has 3 unspecified atom stereocenters. The monoisotopic (exact) mass is 835 g/mol. The third-order valence-corrected chi connectivity index (χ3v) is 12.0. The zero-order valence-electron chi connectivity index (χ0n) is 37.6. The van der Waals surface area contributed by atoms with Gasteiger partial charge in [-0.3, -0.25) is 13.8 Å². The van der Waals surface area contributed by atoms with E-state index in [0.29, 0.717) is 6.61 Å². The van der Waals surface area contributed by atoms with Gasteiger partial charge in [0.25, 0.3) is 0 Å². The summed E-state index contributed by atoms with van der Waals surface area (Å²) in [6.07, 6.45) is 44.9. The number of carbonyl (C=O) groups excluding carboxylic acids is 1. The van der Waals surface area contributed by atoms with Crippen LogP contribution in [0.2, 0.25) is 0 Å². The molecular weight excluding hydrogens is 739 g/mol. The van der Waals surface area contributed by atoms with Crippen LogP contribution in [0.3, 0.4) is 0 Å². The normalized spacial score (nSPS) is 13.8. The number of esters is 1. The third kappa shape index (κ3) is 44.8. The lowest BCUT2D eigenvalue weighted by atomic mass is 10.0. The van der Waals surface area contributed by atoms with Crippen LogP contribution in [0.25, 0.3) is 0 Å². The first kappa shape index (κ1) is 56.5. The van der Waals surface area contributed by atoms with Gasteiger partial charge < -0.3 is 24.6 Å². The number of aliphatic hydroxyl groups is 2. The van der Waals surface area contributed by atoms with Crippen LogP contribution in [0.4, 0.5) is 0 Å². The van der Waals surface area contributed by atoms with Gasteiger partial charge in [0.05, 0.1) is 26.4 Å². The minimum Gasteiger partial charge on any atom is -0.457 e. The maximum Gasteiger partial charge on any atom is 0.472 e. The quantitative estimate of drug-likeness (QED) is 0.0311. The summed E-state index contributed by atoms with van der Waals surface area (Å²) in [6, 6.07) is 0. The number of aliphatic hydroxyl groups excluding tert-OH is 2. The van der Waals surface area contributed by atoms with Crippen molar-refractivity contribution in [1.82, 2.24) is 0 Å². The summed E-state index contributed by atoms with van der Waals surface area (Å²) in [5.41, 5.74) is 0. The van der Waals surface area contributed by atoms with Crippen LogP contribution in [0.15, 0.2) is 0 Å². The molecule has 3 atom stereocenters. The molecule has 0 aliphatic heterocycles. The Hall–Kier alpha value is -0.540. The molecule has 0 radical (unpaired) electrons. The van der Waals surface area contributed by atoms with E-state index >= 15 is 0 Å². The van der Waals surface area contributed by atoms with Gasteiger partial charge in [-0.2, -0.15) is 0 Å². The second-order valence-electron chi connectivity index (χ2n) is 16.9. The molecule has 9 nitrogen and oxygen atoms in total. The van der Waals surface area contributed by atoms with Gasteiger partial charge >= 0.3 is 13.8 Å². The maximum absolute atomic E-state index is 12.6. The summed E-state index contributed by atoms with van der Waals surface area (Å²) in [5.74, 6) is -0.375. The van der Waals surface area contributed by atoms with Gasteiger partial charge in [-0.05, 0) is 12.8 Å². The summed E-state index contributed by atoms with van der Waals surface area (Å²) in [7, 11) is -4.51. The molecule has 0 aliphatic carbocycles. The third-order valence-electron chi connectivity index (χ3n) is 11.0. The van der Waals surface area contributed by atoms with Crippen molar-refractivity contribution in [3.05, 3.63) is 0 Å². The number of phosphoric ester groups is 1. The largest absolute Gasteiger partial charge is 0.472 e. The van der Waals surface area contributed by atoms with E-state index in [4.69, 9.17) is 23.6 Å². The van der Waals surface area contributed by atoms with Crippen molar-refractivity contribution in [1.29, 1.82) is 0 Å². The SMILES string of the molecule is CCCCCCCCCCCCCCCCCCCCCCCOCC(COP(=O)(O)OCC(O)CO)OC(=O)CCCCCCCCCCCCCCCCC. The minimum atomic E-state index is -4.51. The average molecular weight is 835 g/mol. The number of unbranched alkanes of at least 4 members (excludes halogenated alkanes) is 34. The fourth-order valence-corrected chi connectivity index (χ4v) is 8.09. The molecule has 3 N–H and O–H groups in total. The molecule has 0 saturated heterocycles. The fraction of sp³-hybridized carbons (Fsp3) is 0.979. The predicted molar refractivity (Wildman–Crippen MR) is 238 cm³/mol. The van der Waals surface area contributed by atoms with Gasteiger partial charge in [-0.25, -0.2) is 4.57 Å². The second kappa shape index (κ2) is 45.0. The van der Waals surface area contributed by atoms with Gasteiger partial charge in [0, 0.05) is 13.0 Å². The fourth-order valence-electron chi connectivity index (χ4n) is 7.30. The van der Waals surface area contributed by atoms with Gasteiger partial charge in [0.15, 0.2) is 0 Å². The van der Waals surface area contributed by atoms with Crippen molar-refractivity contribution in [3.63, 3.8) is 0 Å². The Morgan fingerprint density at radius 3 is 1.14 bits per heavy atom. The van der Waals surface area contributed by atoms with Crippen LogP contribution >= 0.6 is 7.82 Å². The van der Waals surface area contributed by atoms with Gasteiger partial charge in [0.2, 0.25) is 0 Å². The number of hydrogen-bond donors (Lipinski definition) is 3. The van der Waals surface area contributed by atoms with Crippen molar-refractivity contribution < 1.29 is 43.0 Å². The Balaban J connectivity index is 4.02. The molecule has 0 bridgehead atoms. The van der Waals surface area contributed by atoms with E-state index in [0.717, 1.165) is 32.1 Å². The highest BCUT2D eigenvalue weighted by molar-refractivity contribution is 7.47. The van der Waals surface area contributed by atoms with E-state index in [1.165, 1.54) is 199 Å². The topological polar surface area (TPSA) is 132 Å². The highest BCUT2D eigenvalue weighted by Crippen LogP contribution is 2.43. The van der Waals surface area contributed by atoms with Crippen molar-refractivity contribution in [2.75, 3.05) is 33.0 Å². The van der Waals surface area contributed by atoms with Gasteiger partial charge in [-0.1, -0.05) is 232 Å². The first-order valence-corrected chi connectivity index (χ1v) is 26.0. The van der Waals surface area contributed by atoms with E-state index in [1.54, 1.807) is 0 Å². The highest BCUT2D eigenvalue weighted by Gasteiger charge is 2.26. The summed E-state index contributed by atoms with van der Waals surface area (Å²) in [6.45, 7) is 3.59. The Morgan fingerprint density at radius 2 is 0.789 bits per heavy atom. The summed E-state index contributed by atoms with van der Waals surface area (Å²) >= 11 is 0. The molecule has 0 saturated carbocycles. The number of ether oxygens (including phenoxy) is 2. The van der Waals surface area contributed by atoms with Crippen molar-refractivity contribution in [2.24, 2.45) is 0 Å². The number of rotatable bonds is 48. The number of hydrogen-bond acceptors (Lipinski definition) is 8. The van der Waals surface area contributed by atoms with E-state index in [1.807, 2.05) is 0 Å². The van der Waals surface area contributed by atoms with Crippen molar-refractivity contribution in [2.45, 2.75) is 264 Å². The van der Waals surface area contributed by atoms with E-state index < -0.39 is 33.2 Å². The first-order valence-electron chi connectivity index (χ1n) is 24.5. The van der Waals surface area contributed by atoms with E-state index in [2.05, 4.69) is 13.8 Å². The number of carbonyl (C=O) groups is 1. The Morgan fingerprint density at radius 1 is 0.474 bits per heavy atom. The van der Waals surface area contributed by atoms with Crippen LogP contribution in [0, 0.1) is 0 Å². The molecule has 10 heteroatoms. The molecule has 0 aromatic carbocycles. The minimum absolute atomic E-state index is 0.0586. The predicted octanol–water partition coefficient (Wildman–Crippen LogP) is 13.9. The Labute approximate surface area is 352 Å². The molecule has 0 aliphatic rings. The van der Waals surface area contributed by atoms with Crippen LogP contribution in [0.1, 0.15) is 251 Å². The van der Waals surface area contributed by atoms with Crippen molar-refractivity contribution in [3.8, 4) is 0 Å². The van der Waals surface area contributed by atoms with Crippen LogP contribution in [-0.2, 0) is 27.9 Å². The van der Waals surface area contributed by atoms with E-state index in [9.17, 15) is 19.4 Å². The molecule has 0 spiro atoms. The Kier molecular flexibility index (Phi) is 44.6. The molecule has 0 aromatic heterocycles. The zero-order chi connectivity index (χ0) is 41.8. The summed E-state index contributed by atoms with van der Waals surface area (Å²) in [4.78, 5) is 22.6. The lowest BCUT2D eigenvalue weighted by molar-refractivity contribution is -0.154.